The van der Waals surface area contributed by atoms with E-state index in [9.17, 15) is 5.11 Å². The SMILES string of the molecule is Cc1ccc(C(O)C2COCCO2)cc1Cl. The van der Waals surface area contributed by atoms with E-state index >= 15 is 0 Å². The lowest BCUT2D eigenvalue weighted by atomic mass is 10.0. The first-order valence-electron chi connectivity index (χ1n) is 5.32. The third-order valence-corrected chi connectivity index (χ3v) is 3.14. The normalized spacial score (nSPS) is 23.1. The molecule has 1 aromatic rings. The Morgan fingerprint density at radius 1 is 1.44 bits per heavy atom. The summed E-state index contributed by atoms with van der Waals surface area (Å²) in [4.78, 5) is 0. The summed E-state index contributed by atoms with van der Waals surface area (Å²) < 4.78 is 10.7. The second kappa shape index (κ2) is 5.15. The van der Waals surface area contributed by atoms with E-state index in [1.807, 2.05) is 19.1 Å². The lowest BCUT2D eigenvalue weighted by Gasteiger charge is -2.27. The standard InChI is InChI=1S/C12H15ClO3/c1-8-2-3-9(6-10(8)13)12(14)11-7-15-4-5-16-11/h2-3,6,11-12,14H,4-5,7H2,1H3. The van der Waals surface area contributed by atoms with E-state index in [2.05, 4.69) is 0 Å². The maximum atomic E-state index is 10.1. The van der Waals surface area contributed by atoms with Crippen molar-refractivity contribution in [2.24, 2.45) is 0 Å². The molecule has 0 aliphatic carbocycles. The zero-order valence-electron chi connectivity index (χ0n) is 9.15. The fourth-order valence-corrected chi connectivity index (χ4v) is 1.89. The Balaban J connectivity index is 2.12. The molecular formula is C12H15ClO3. The average molecular weight is 243 g/mol. The van der Waals surface area contributed by atoms with Crippen LogP contribution in [0.15, 0.2) is 18.2 Å². The van der Waals surface area contributed by atoms with Crippen molar-refractivity contribution in [3.05, 3.63) is 34.3 Å². The van der Waals surface area contributed by atoms with Crippen molar-refractivity contribution in [1.82, 2.24) is 0 Å². The molecule has 0 bridgehead atoms. The first-order valence-corrected chi connectivity index (χ1v) is 5.70. The summed E-state index contributed by atoms with van der Waals surface area (Å²) in [5, 5.41) is 10.8. The molecule has 1 N–H and O–H groups in total. The highest BCUT2D eigenvalue weighted by molar-refractivity contribution is 6.31. The van der Waals surface area contributed by atoms with Crippen LogP contribution in [0.4, 0.5) is 0 Å². The minimum atomic E-state index is -0.682. The fourth-order valence-electron chi connectivity index (χ4n) is 1.70. The van der Waals surface area contributed by atoms with Gasteiger partial charge in [-0.25, -0.2) is 0 Å². The van der Waals surface area contributed by atoms with Crippen molar-refractivity contribution in [1.29, 1.82) is 0 Å². The Kier molecular flexibility index (Phi) is 3.82. The predicted molar refractivity (Wildman–Crippen MR) is 61.7 cm³/mol. The molecule has 1 aliphatic heterocycles. The third kappa shape index (κ3) is 2.55. The molecule has 0 radical (unpaired) electrons. The number of hydrogen-bond donors (Lipinski definition) is 1. The maximum Gasteiger partial charge on any atom is 0.111 e. The largest absolute Gasteiger partial charge is 0.386 e. The molecule has 4 heteroatoms. The molecule has 16 heavy (non-hydrogen) atoms. The van der Waals surface area contributed by atoms with Crippen molar-refractivity contribution < 1.29 is 14.6 Å². The number of aliphatic hydroxyl groups is 1. The van der Waals surface area contributed by atoms with Crippen molar-refractivity contribution in [2.75, 3.05) is 19.8 Å². The summed E-state index contributed by atoms with van der Waals surface area (Å²) in [7, 11) is 0. The number of aliphatic hydroxyl groups excluding tert-OH is 1. The van der Waals surface area contributed by atoms with Crippen molar-refractivity contribution in [3.8, 4) is 0 Å². The molecule has 0 saturated carbocycles. The van der Waals surface area contributed by atoms with E-state index in [0.29, 0.717) is 24.8 Å². The molecule has 1 aromatic carbocycles. The highest BCUT2D eigenvalue weighted by atomic mass is 35.5. The van der Waals surface area contributed by atoms with E-state index < -0.39 is 6.10 Å². The van der Waals surface area contributed by atoms with Crippen LogP contribution in [0.1, 0.15) is 17.2 Å². The second-order valence-electron chi connectivity index (χ2n) is 3.94. The van der Waals surface area contributed by atoms with Crippen LogP contribution >= 0.6 is 11.6 Å². The quantitative estimate of drug-likeness (QED) is 0.863. The van der Waals surface area contributed by atoms with Crippen LogP contribution in [-0.2, 0) is 9.47 Å². The highest BCUT2D eigenvalue weighted by Crippen LogP contribution is 2.25. The molecule has 88 valence electrons. The Bertz CT molecular complexity index is 361. The van der Waals surface area contributed by atoms with Crippen LogP contribution in [0.25, 0.3) is 0 Å². The number of rotatable bonds is 2. The first kappa shape index (κ1) is 11.9. The van der Waals surface area contributed by atoms with Gasteiger partial charge in [-0.15, -0.1) is 0 Å². The molecule has 1 aliphatic rings. The van der Waals surface area contributed by atoms with Crippen LogP contribution in [0, 0.1) is 6.92 Å². The molecule has 1 saturated heterocycles. The summed E-state index contributed by atoms with van der Waals surface area (Å²) in [6, 6.07) is 5.54. The number of halogens is 1. The van der Waals surface area contributed by atoms with Gasteiger partial charge in [-0.1, -0.05) is 23.7 Å². The third-order valence-electron chi connectivity index (χ3n) is 2.73. The summed E-state index contributed by atoms with van der Waals surface area (Å²) in [5.74, 6) is 0. The minimum Gasteiger partial charge on any atom is -0.386 e. The Morgan fingerprint density at radius 2 is 2.25 bits per heavy atom. The average Bonchev–Trinajstić information content (AvgIpc) is 2.33. The van der Waals surface area contributed by atoms with E-state index in [1.54, 1.807) is 6.07 Å². The van der Waals surface area contributed by atoms with Gasteiger partial charge < -0.3 is 14.6 Å². The number of hydrogen-bond acceptors (Lipinski definition) is 3. The molecule has 3 nitrogen and oxygen atoms in total. The summed E-state index contributed by atoms with van der Waals surface area (Å²) in [6.45, 7) is 3.48. The van der Waals surface area contributed by atoms with Gasteiger partial charge in [-0.2, -0.15) is 0 Å². The molecule has 0 amide bonds. The van der Waals surface area contributed by atoms with Crippen molar-refractivity contribution in [3.63, 3.8) is 0 Å². The van der Waals surface area contributed by atoms with Crippen LogP contribution in [0.2, 0.25) is 5.02 Å². The Labute approximate surface area is 99.9 Å². The van der Waals surface area contributed by atoms with Gasteiger partial charge in [0.1, 0.15) is 12.2 Å². The number of aryl methyl sites for hydroxylation is 1. The smallest absolute Gasteiger partial charge is 0.111 e. The van der Waals surface area contributed by atoms with Crippen LogP contribution < -0.4 is 0 Å². The molecule has 2 rings (SSSR count). The van der Waals surface area contributed by atoms with E-state index in [1.165, 1.54) is 0 Å². The Hall–Kier alpha value is -0.610. The number of benzene rings is 1. The summed E-state index contributed by atoms with van der Waals surface area (Å²) in [5.41, 5.74) is 1.77. The summed E-state index contributed by atoms with van der Waals surface area (Å²) >= 11 is 6.01. The lowest BCUT2D eigenvalue weighted by Crippen LogP contribution is -2.33. The van der Waals surface area contributed by atoms with Crippen LogP contribution in [0.3, 0.4) is 0 Å². The van der Waals surface area contributed by atoms with Gasteiger partial charge in [0.05, 0.1) is 19.8 Å². The van der Waals surface area contributed by atoms with Gasteiger partial charge >= 0.3 is 0 Å². The molecule has 2 unspecified atom stereocenters. The van der Waals surface area contributed by atoms with E-state index in [-0.39, 0.29) is 6.10 Å². The minimum absolute atomic E-state index is 0.299. The van der Waals surface area contributed by atoms with Gasteiger partial charge in [-0.05, 0) is 24.1 Å². The van der Waals surface area contributed by atoms with Crippen molar-refractivity contribution >= 4 is 11.6 Å². The highest BCUT2D eigenvalue weighted by Gasteiger charge is 2.24. The molecule has 0 spiro atoms. The van der Waals surface area contributed by atoms with E-state index in [4.69, 9.17) is 21.1 Å². The second-order valence-corrected chi connectivity index (χ2v) is 4.34. The monoisotopic (exact) mass is 242 g/mol. The summed E-state index contributed by atoms with van der Waals surface area (Å²) in [6.07, 6.45) is -0.981. The topological polar surface area (TPSA) is 38.7 Å². The zero-order valence-corrected chi connectivity index (χ0v) is 9.91. The predicted octanol–water partition coefficient (Wildman–Crippen LogP) is 2.10. The van der Waals surface area contributed by atoms with Gasteiger partial charge in [0.25, 0.3) is 0 Å². The number of ether oxygens (including phenoxy) is 2. The van der Waals surface area contributed by atoms with Crippen LogP contribution in [0.5, 0.6) is 0 Å². The van der Waals surface area contributed by atoms with Crippen LogP contribution in [-0.4, -0.2) is 31.0 Å². The maximum absolute atomic E-state index is 10.1. The molecule has 1 heterocycles. The lowest BCUT2D eigenvalue weighted by molar-refractivity contribution is -0.133. The molecule has 1 fully saturated rings. The first-order chi connectivity index (χ1) is 7.68. The van der Waals surface area contributed by atoms with Crippen molar-refractivity contribution in [2.45, 2.75) is 19.1 Å². The van der Waals surface area contributed by atoms with Gasteiger partial charge in [-0.3, -0.25) is 0 Å². The van der Waals surface area contributed by atoms with Gasteiger partial charge in [0.15, 0.2) is 0 Å². The fraction of sp³-hybridized carbons (Fsp3) is 0.500. The molecular weight excluding hydrogens is 228 g/mol. The molecule has 2 atom stereocenters. The van der Waals surface area contributed by atoms with Gasteiger partial charge in [0, 0.05) is 5.02 Å². The van der Waals surface area contributed by atoms with Gasteiger partial charge in [0.2, 0.25) is 0 Å². The zero-order chi connectivity index (χ0) is 11.5. The molecule has 0 aromatic heterocycles. The Morgan fingerprint density at radius 3 is 2.88 bits per heavy atom. The van der Waals surface area contributed by atoms with E-state index in [0.717, 1.165) is 11.1 Å².